The van der Waals surface area contributed by atoms with Crippen molar-refractivity contribution in [2.75, 3.05) is 13.1 Å². The van der Waals surface area contributed by atoms with Crippen LogP contribution in [-0.2, 0) is 6.54 Å². The van der Waals surface area contributed by atoms with Gasteiger partial charge in [-0.15, -0.1) is 0 Å². The molecule has 1 aliphatic heterocycles. The molecule has 4 rings (SSSR count). The molecule has 5 heteroatoms. The Bertz CT molecular complexity index is 871. The highest BCUT2D eigenvalue weighted by molar-refractivity contribution is 5.67. The Hall–Kier alpha value is -2.53. The molecular formula is C21H25N5. The Morgan fingerprint density at radius 3 is 3.00 bits per heavy atom. The van der Waals surface area contributed by atoms with Crippen molar-refractivity contribution < 1.29 is 0 Å². The van der Waals surface area contributed by atoms with E-state index in [0.717, 1.165) is 31.0 Å². The second kappa shape index (κ2) is 7.38. The second-order valence-electron chi connectivity index (χ2n) is 7.30. The summed E-state index contributed by atoms with van der Waals surface area (Å²) in [4.78, 5) is 11.0. The summed E-state index contributed by atoms with van der Waals surface area (Å²) in [6, 6.07) is 8.63. The molecule has 0 saturated carbocycles. The predicted molar refractivity (Wildman–Crippen MR) is 103 cm³/mol. The van der Waals surface area contributed by atoms with E-state index in [-0.39, 0.29) is 0 Å². The molecule has 1 fully saturated rings. The monoisotopic (exact) mass is 347 g/mol. The lowest BCUT2D eigenvalue weighted by Gasteiger charge is -2.32. The summed E-state index contributed by atoms with van der Waals surface area (Å²) in [5.41, 5.74) is 7.37. The van der Waals surface area contributed by atoms with Crippen molar-refractivity contribution in [3.8, 4) is 11.3 Å². The van der Waals surface area contributed by atoms with E-state index in [1.165, 1.54) is 35.1 Å². The molecule has 3 heterocycles. The van der Waals surface area contributed by atoms with Gasteiger partial charge in [-0.1, -0.05) is 17.7 Å². The highest BCUT2D eigenvalue weighted by Crippen LogP contribution is 2.30. The van der Waals surface area contributed by atoms with E-state index in [0.29, 0.717) is 5.92 Å². The molecule has 0 bridgehead atoms. The normalized spacial score (nSPS) is 18.2. The van der Waals surface area contributed by atoms with Gasteiger partial charge in [0.15, 0.2) is 0 Å². The molecule has 1 aliphatic rings. The molecule has 3 aromatic rings. The van der Waals surface area contributed by atoms with E-state index >= 15 is 0 Å². The van der Waals surface area contributed by atoms with Crippen molar-refractivity contribution in [1.82, 2.24) is 25.1 Å². The van der Waals surface area contributed by atoms with Crippen molar-refractivity contribution in [2.24, 2.45) is 0 Å². The lowest BCUT2D eigenvalue weighted by molar-refractivity contribution is 0.198. The third kappa shape index (κ3) is 3.53. The minimum atomic E-state index is 0.489. The van der Waals surface area contributed by atoms with Gasteiger partial charge in [-0.25, -0.2) is 9.97 Å². The first kappa shape index (κ1) is 16.9. The van der Waals surface area contributed by atoms with Crippen LogP contribution in [0.3, 0.4) is 0 Å². The van der Waals surface area contributed by atoms with E-state index in [1.807, 2.05) is 18.5 Å². The summed E-state index contributed by atoms with van der Waals surface area (Å²) in [6.07, 6.45) is 7.87. The third-order valence-electron chi connectivity index (χ3n) is 5.30. The van der Waals surface area contributed by atoms with Crippen LogP contribution >= 0.6 is 0 Å². The van der Waals surface area contributed by atoms with E-state index in [4.69, 9.17) is 0 Å². The van der Waals surface area contributed by atoms with Crippen molar-refractivity contribution in [3.05, 3.63) is 65.4 Å². The molecule has 0 amide bonds. The van der Waals surface area contributed by atoms with Crippen molar-refractivity contribution >= 4 is 0 Å². The first-order chi connectivity index (χ1) is 12.7. The van der Waals surface area contributed by atoms with Gasteiger partial charge in [0, 0.05) is 42.0 Å². The zero-order valence-electron chi connectivity index (χ0n) is 15.4. The first-order valence-corrected chi connectivity index (χ1v) is 9.29. The maximum Gasteiger partial charge on any atom is 0.115 e. The van der Waals surface area contributed by atoms with Gasteiger partial charge in [0.25, 0.3) is 0 Å². The quantitative estimate of drug-likeness (QED) is 0.778. The Balaban J connectivity index is 1.53. The van der Waals surface area contributed by atoms with Gasteiger partial charge in [0.1, 0.15) is 6.33 Å². The number of likely N-dealkylation sites (tertiary alicyclic amines) is 1. The summed E-state index contributed by atoms with van der Waals surface area (Å²) < 4.78 is 0. The van der Waals surface area contributed by atoms with Crippen LogP contribution in [0.1, 0.15) is 41.1 Å². The number of hydrogen-bond donors (Lipinski definition) is 1. The smallest absolute Gasteiger partial charge is 0.115 e. The van der Waals surface area contributed by atoms with Gasteiger partial charge in [-0.3, -0.25) is 10.00 Å². The standard InChI is InChI=1S/C21H25N5/c1-15-5-6-16(2)19(10-15)21-18(11-24-25-21)13-26-9-3-4-17(12-26)20-7-8-22-14-23-20/h5-8,10-11,14,17H,3-4,9,12-13H2,1-2H3,(H,24,25)/t17-/m1/s1. The second-order valence-corrected chi connectivity index (χ2v) is 7.30. The zero-order chi connectivity index (χ0) is 17.9. The summed E-state index contributed by atoms with van der Waals surface area (Å²) in [5, 5.41) is 7.57. The molecule has 2 aromatic heterocycles. The number of rotatable bonds is 4. The topological polar surface area (TPSA) is 57.7 Å². The van der Waals surface area contributed by atoms with Crippen LogP contribution in [0.25, 0.3) is 11.3 Å². The van der Waals surface area contributed by atoms with Crippen LogP contribution in [-0.4, -0.2) is 38.2 Å². The van der Waals surface area contributed by atoms with E-state index < -0.39 is 0 Å². The molecule has 0 unspecified atom stereocenters. The maximum absolute atomic E-state index is 4.46. The predicted octanol–water partition coefficient (Wildman–Crippen LogP) is 3.86. The van der Waals surface area contributed by atoms with Crippen LogP contribution in [0.2, 0.25) is 0 Å². The molecule has 1 N–H and O–H groups in total. The molecule has 1 aromatic carbocycles. The SMILES string of the molecule is Cc1ccc(C)c(-c2[nH]ncc2CN2CCC[C@@H](c3ccncn3)C2)c1. The summed E-state index contributed by atoms with van der Waals surface area (Å²) in [6.45, 7) is 7.37. The highest BCUT2D eigenvalue weighted by atomic mass is 15.2. The molecule has 134 valence electrons. The summed E-state index contributed by atoms with van der Waals surface area (Å²) in [7, 11) is 0. The van der Waals surface area contributed by atoms with Crippen LogP contribution < -0.4 is 0 Å². The molecular weight excluding hydrogens is 322 g/mol. The number of aryl methyl sites for hydroxylation is 2. The number of aromatic nitrogens is 4. The molecule has 1 atom stereocenters. The number of piperidine rings is 1. The number of nitrogens with zero attached hydrogens (tertiary/aromatic N) is 4. The summed E-state index contributed by atoms with van der Waals surface area (Å²) >= 11 is 0. The fourth-order valence-electron chi connectivity index (χ4n) is 3.89. The number of aromatic amines is 1. The zero-order valence-corrected chi connectivity index (χ0v) is 15.4. The third-order valence-corrected chi connectivity index (χ3v) is 5.30. The number of benzene rings is 1. The number of nitrogens with one attached hydrogen (secondary N) is 1. The Morgan fingerprint density at radius 1 is 1.23 bits per heavy atom. The Morgan fingerprint density at radius 2 is 2.15 bits per heavy atom. The molecule has 0 radical (unpaired) electrons. The average Bonchev–Trinajstić information content (AvgIpc) is 3.12. The summed E-state index contributed by atoms with van der Waals surface area (Å²) in [5.74, 6) is 0.489. The van der Waals surface area contributed by atoms with Crippen molar-refractivity contribution in [1.29, 1.82) is 0 Å². The van der Waals surface area contributed by atoms with Crippen LogP contribution in [0.15, 0.2) is 43.0 Å². The van der Waals surface area contributed by atoms with Gasteiger partial charge in [0.2, 0.25) is 0 Å². The van der Waals surface area contributed by atoms with E-state index in [2.05, 4.69) is 57.1 Å². The lowest BCUT2D eigenvalue weighted by atomic mass is 9.94. The number of hydrogen-bond acceptors (Lipinski definition) is 4. The minimum Gasteiger partial charge on any atom is -0.298 e. The average molecular weight is 347 g/mol. The van der Waals surface area contributed by atoms with E-state index in [1.54, 1.807) is 6.33 Å². The molecule has 0 aliphatic carbocycles. The van der Waals surface area contributed by atoms with Gasteiger partial charge in [0.05, 0.1) is 11.9 Å². The van der Waals surface area contributed by atoms with Gasteiger partial charge in [-0.05, 0) is 50.9 Å². The Labute approximate surface area is 154 Å². The van der Waals surface area contributed by atoms with Crippen molar-refractivity contribution in [3.63, 3.8) is 0 Å². The molecule has 0 spiro atoms. The lowest BCUT2D eigenvalue weighted by Crippen LogP contribution is -2.34. The van der Waals surface area contributed by atoms with Gasteiger partial charge >= 0.3 is 0 Å². The number of H-pyrrole nitrogens is 1. The fraction of sp³-hybridized carbons (Fsp3) is 0.381. The maximum atomic E-state index is 4.46. The van der Waals surface area contributed by atoms with E-state index in [9.17, 15) is 0 Å². The van der Waals surface area contributed by atoms with Gasteiger partial charge < -0.3 is 0 Å². The largest absolute Gasteiger partial charge is 0.298 e. The van der Waals surface area contributed by atoms with Crippen LogP contribution in [0.4, 0.5) is 0 Å². The van der Waals surface area contributed by atoms with Crippen LogP contribution in [0.5, 0.6) is 0 Å². The van der Waals surface area contributed by atoms with Crippen LogP contribution in [0, 0.1) is 13.8 Å². The Kier molecular flexibility index (Phi) is 4.80. The minimum absolute atomic E-state index is 0.489. The fourth-order valence-corrected chi connectivity index (χ4v) is 3.89. The first-order valence-electron chi connectivity index (χ1n) is 9.29. The van der Waals surface area contributed by atoms with Gasteiger partial charge in [-0.2, -0.15) is 5.10 Å². The molecule has 1 saturated heterocycles. The molecule has 5 nitrogen and oxygen atoms in total. The highest BCUT2D eigenvalue weighted by Gasteiger charge is 2.23. The molecule has 26 heavy (non-hydrogen) atoms. The van der Waals surface area contributed by atoms with Crippen molar-refractivity contribution in [2.45, 2.75) is 39.2 Å².